The third-order valence-electron chi connectivity index (χ3n) is 11.1. The van der Waals surface area contributed by atoms with Crippen LogP contribution in [0, 0.1) is 11.3 Å². The van der Waals surface area contributed by atoms with Gasteiger partial charge in [0.05, 0.1) is 6.07 Å². The number of halogens is 2. The van der Waals surface area contributed by atoms with Gasteiger partial charge in [0.1, 0.15) is 0 Å². The molecule has 4 aliphatic heterocycles. The first kappa shape index (κ1) is 41.2. The number of benzene rings is 2. The first-order valence-electron chi connectivity index (χ1n) is 19.5. The number of nitrogens with one attached hydrogen (secondary N) is 2. The monoisotopic (exact) mass is 765 g/mol. The first-order chi connectivity index (χ1) is 25.7. The summed E-state index contributed by atoms with van der Waals surface area (Å²) in [7, 11) is 4.51. The van der Waals surface area contributed by atoms with E-state index in [2.05, 4.69) is 83.4 Å². The van der Waals surface area contributed by atoms with Gasteiger partial charge in [0.15, 0.2) is 0 Å². The van der Waals surface area contributed by atoms with E-state index in [4.69, 9.17) is 34.2 Å². The normalized spacial score (nSPS) is 23.1. The molecule has 7 rings (SSSR count). The van der Waals surface area contributed by atoms with Crippen molar-refractivity contribution in [2.24, 2.45) is 0 Å². The predicted octanol–water partition coefficient (Wildman–Crippen LogP) is 5.43. The van der Waals surface area contributed by atoms with Crippen molar-refractivity contribution >= 4 is 35.1 Å². The van der Waals surface area contributed by atoms with Gasteiger partial charge in [0.25, 0.3) is 0 Å². The first-order valence-corrected chi connectivity index (χ1v) is 20.3. The van der Waals surface area contributed by atoms with Gasteiger partial charge in [-0.15, -0.1) is 5.10 Å². The van der Waals surface area contributed by atoms with Crippen molar-refractivity contribution < 1.29 is 0 Å². The van der Waals surface area contributed by atoms with Crippen molar-refractivity contribution in [1.29, 1.82) is 5.26 Å². The summed E-state index contributed by atoms with van der Waals surface area (Å²) in [5.74, 6) is 1.11. The molecule has 2 atom stereocenters. The van der Waals surface area contributed by atoms with Gasteiger partial charge in [0, 0.05) is 80.4 Å². The number of anilines is 2. The van der Waals surface area contributed by atoms with Gasteiger partial charge >= 0.3 is 0 Å². The number of piperidine rings is 2. The van der Waals surface area contributed by atoms with E-state index in [1.807, 2.05) is 24.3 Å². The second-order valence-electron chi connectivity index (χ2n) is 15.1. The summed E-state index contributed by atoms with van der Waals surface area (Å²) in [4.78, 5) is 17.1. The Balaban J connectivity index is 0.000000195. The number of nitriles is 1. The fraction of sp³-hybridized carbons (Fsp3) is 0.625. The minimum Gasteiger partial charge on any atom is -0.368 e. The molecule has 3 aromatic rings. The quantitative estimate of drug-likeness (QED) is 0.288. The molecule has 4 saturated heterocycles. The highest BCUT2D eigenvalue weighted by Crippen LogP contribution is 2.26. The lowest BCUT2D eigenvalue weighted by Crippen LogP contribution is -2.51. The smallest absolute Gasteiger partial charge is 0.246 e. The molecule has 0 aliphatic carbocycles. The molecule has 4 aliphatic rings. The highest BCUT2D eigenvalue weighted by atomic mass is 35.5. The Bertz CT molecular complexity index is 1510. The molecule has 0 bridgehead atoms. The summed E-state index contributed by atoms with van der Waals surface area (Å²) in [5, 5.41) is 19.4. The minimum atomic E-state index is 0.385. The summed E-state index contributed by atoms with van der Waals surface area (Å²) < 4.78 is 0. The molecule has 0 amide bonds. The summed E-state index contributed by atoms with van der Waals surface area (Å²) in [6.45, 7) is 12.8. The maximum atomic E-state index is 7.32. The van der Waals surface area contributed by atoms with Gasteiger partial charge in [-0.1, -0.05) is 47.5 Å². The molecular formula is C40H61Cl2N11. The maximum Gasteiger partial charge on any atom is 0.246 e. The molecule has 4 N–H and O–H groups in total. The molecule has 1 aromatic heterocycles. The second kappa shape index (κ2) is 21.2. The van der Waals surface area contributed by atoms with Crippen molar-refractivity contribution in [1.82, 2.24) is 40.1 Å². The average Bonchev–Trinajstić information content (AvgIpc) is 3.40. The Morgan fingerprint density at radius 2 is 1.19 bits per heavy atom. The third-order valence-corrected chi connectivity index (χ3v) is 11.7. The standard InChI is InChI=1S/C20H30ClN7.C18H28ClN3.C2H3N/c1-26-9-2-10-28(18(14-26)13-15-3-5-16(21)6-4-15)17-7-11-27(12-8-17)20-23-19(22)24-25-20;1-21-11-2-12-22(17-7-9-20-10-8-17)18(14-21)13-15-3-5-16(19)6-4-15;1-2-3/h3-6,17-18H,2,7-14H2,1H3,(H3,22,23,24,25);3-6,17-18,20H,2,7-14H2,1H3;1H3. The van der Waals surface area contributed by atoms with Crippen LogP contribution in [0.1, 0.15) is 56.6 Å². The lowest BCUT2D eigenvalue weighted by Gasteiger charge is -2.42. The van der Waals surface area contributed by atoms with Crippen molar-refractivity contribution in [3.8, 4) is 6.07 Å². The molecule has 0 saturated carbocycles. The van der Waals surface area contributed by atoms with Gasteiger partial charge < -0.3 is 25.8 Å². The van der Waals surface area contributed by atoms with E-state index in [0.717, 1.165) is 67.4 Å². The van der Waals surface area contributed by atoms with Gasteiger partial charge in [-0.05, 0) is 127 Å². The fourth-order valence-corrected chi connectivity index (χ4v) is 8.83. The zero-order valence-electron chi connectivity index (χ0n) is 32.1. The van der Waals surface area contributed by atoms with Crippen molar-refractivity contribution in [2.45, 2.75) is 82.5 Å². The second-order valence-corrected chi connectivity index (χ2v) is 16.0. The van der Waals surface area contributed by atoms with Crippen molar-refractivity contribution in [2.75, 3.05) is 90.2 Å². The van der Waals surface area contributed by atoms with Crippen LogP contribution < -0.4 is 16.0 Å². The van der Waals surface area contributed by atoms with Crippen LogP contribution in [0.25, 0.3) is 0 Å². The number of aromatic amines is 1. The molecule has 5 heterocycles. The lowest BCUT2D eigenvalue weighted by molar-refractivity contribution is 0.108. The summed E-state index contributed by atoms with van der Waals surface area (Å²) in [5.41, 5.74) is 8.45. The van der Waals surface area contributed by atoms with Crippen LogP contribution in [0.15, 0.2) is 48.5 Å². The van der Waals surface area contributed by atoms with Crippen LogP contribution in [-0.4, -0.2) is 138 Å². The van der Waals surface area contributed by atoms with Crippen LogP contribution in [-0.2, 0) is 12.8 Å². The van der Waals surface area contributed by atoms with Crippen LogP contribution >= 0.6 is 23.2 Å². The summed E-state index contributed by atoms with van der Waals surface area (Å²) in [6, 6.07) is 21.0. The molecule has 11 nitrogen and oxygen atoms in total. The Hall–Kier alpha value is -2.95. The Kier molecular flexibility index (Phi) is 16.5. The van der Waals surface area contributed by atoms with E-state index in [-0.39, 0.29) is 0 Å². The van der Waals surface area contributed by atoms with Crippen LogP contribution in [0.2, 0.25) is 10.0 Å². The molecule has 290 valence electrons. The van der Waals surface area contributed by atoms with E-state index in [9.17, 15) is 0 Å². The summed E-state index contributed by atoms with van der Waals surface area (Å²) in [6.07, 6.45) is 9.57. The minimum absolute atomic E-state index is 0.385. The molecule has 2 aromatic carbocycles. The van der Waals surface area contributed by atoms with Crippen LogP contribution in [0.5, 0.6) is 0 Å². The largest absolute Gasteiger partial charge is 0.368 e. The highest BCUT2D eigenvalue weighted by Gasteiger charge is 2.33. The number of rotatable bonds is 7. The molecule has 53 heavy (non-hydrogen) atoms. The summed E-state index contributed by atoms with van der Waals surface area (Å²) >= 11 is 12.1. The van der Waals surface area contributed by atoms with Crippen LogP contribution in [0.3, 0.4) is 0 Å². The number of nitrogens with two attached hydrogens (primary N) is 1. The number of hydrogen-bond donors (Lipinski definition) is 3. The van der Waals surface area contributed by atoms with Crippen LogP contribution in [0.4, 0.5) is 11.9 Å². The number of H-pyrrole nitrogens is 1. The number of nitrogens with zero attached hydrogens (tertiary/aromatic N) is 8. The van der Waals surface area contributed by atoms with Gasteiger partial charge in [0.2, 0.25) is 11.9 Å². The zero-order valence-corrected chi connectivity index (χ0v) is 33.6. The number of nitrogen functional groups attached to an aromatic ring is 1. The number of hydrogen-bond acceptors (Lipinski definition) is 10. The fourth-order valence-electron chi connectivity index (χ4n) is 8.58. The van der Waals surface area contributed by atoms with Gasteiger partial charge in [-0.3, -0.25) is 9.80 Å². The SMILES string of the molecule is CC#N.CN1CCCN(C2CCN(c3n[nH]c(N)n3)CC2)C(Cc2ccc(Cl)cc2)C1.CN1CCCN(C2CCNCC2)C(Cc2ccc(Cl)cc2)C1. The van der Waals surface area contributed by atoms with Gasteiger partial charge in [-0.25, -0.2) is 5.10 Å². The molecule has 4 fully saturated rings. The lowest BCUT2D eigenvalue weighted by atomic mass is 9.97. The third kappa shape index (κ3) is 12.8. The molecule has 2 unspecified atom stereocenters. The van der Waals surface area contributed by atoms with E-state index in [1.54, 1.807) is 6.07 Å². The average molecular weight is 767 g/mol. The zero-order chi connectivity index (χ0) is 37.6. The molecule has 0 radical (unpaired) electrons. The number of aromatic nitrogens is 3. The molecular weight excluding hydrogens is 705 g/mol. The number of likely N-dealkylation sites (N-methyl/N-ethyl adjacent to an activating group) is 2. The predicted molar refractivity (Wildman–Crippen MR) is 219 cm³/mol. The topological polar surface area (TPSA) is 120 Å². The van der Waals surface area contributed by atoms with Gasteiger partial charge in [-0.2, -0.15) is 10.2 Å². The maximum absolute atomic E-state index is 7.32. The van der Waals surface area contributed by atoms with E-state index in [0.29, 0.717) is 24.1 Å². The Labute approximate surface area is 327 Å². The Morgan fingerprint density at radius 3 is 1.62 bits per heavy atom. The van der Waals surface area contributed by atoms with E-state index < -0.39 is 0 Å². The highest BCUT2D eigenvalue weighted by molar-refractivity contribution is 6.30. The molecule has 0 spiro atoms. The van der Waals surface area contributed by atoms with E-state index in [1.165, 1.54) is 89.5 Å². The van der Waals surface area contributed by atoms with Crippen molar-refractivity contribution in [3.05, 3.63) is 69.7 Å². The van der Waals surface area contributed by atoms with Crippen molar-refractivity contribution in [3.63, 3.8) is 0 Å². The van der Waals surface area contributed by atoms with E-state index >= 15 is 0 Å². The molecule has 13 heteroatoms. The Morgan fingerprint density at radius 1 is 0.736 bits per heavy atom.